The number of likely N-dealkylation sites (N-methyl/N-ethyl adjacent to an activating group) is 2. The van der Waals surface area contributed by atoms with Gasteiger partial charge in [-0.05, 0) is 58.1 Å². The molecule has 0 aliphatic carbocycles. The summed E-state index contributed by atoms with van der Waals surface area (Å²) in [6.45, 7) is 13.6. The van der Waals surface area contributed by atoms with Crippen LogP contribution in [0.3, 0.4) is 0 Å². The van der Waals surface area contributed by atoms with Crippen LogP contribution in [-0.2, 0) is 0 Å². The summed E-state index contributed by atoms with van der Waals surface area (Å²) in [5, 5.41) is 3.68. The summed E-state index contributed by atoms with van der Waals surface area (Å²) in [7, 11) is 2.23. The van der Waals surface area contributed by atoms with Crippen molar-refractivity contribution in [2.75, 3.05) is 46.3 Å². The van der Waals surface area contributed by atoms with Crippen molar-refractivity contribution in [3.05, 3.63) is 34.9 Å². The lowest BCUT2D eigenvalue weighted by Crippen LogP contribution is -2.37. The fraction of sp³-hybridized carbons (Fsp3) is 0.667. The third-order valence-corrected chi connectivity index (χ3v) is 4.50. The van der Waals surface area contributed by atoms with E-state index in [4.69, 9.17) is 0 Å². The average molecular weight is 289 g/mol. The van der Waals surface area contributed by atoms with Gasteiger partial charge in [-0.1, -0.05) is 30.7 Å². The number of aryl methyl sites for hydroxylation is 2. The van der Waals surface area contributed by atoms with Crippen molar-refractivity contribution in [3.63, 3.8) is 0 Å². The molecule has 1 unspecified atom stereocenters. The third-order valence-electron chi connectivity index (χ3n) is 4.50. The molecule has 1 N–H and O–H groups in total. The third kappa shape index (κ3) is 4.80. The molecule has 0 spiro atoms. The molecular formula is C18H31N3. The van der Waals surface area contributed by atoms with E-state index in [1.165, 1.54) is 49.3 Å². The number of nitrogens with one attached hydrogen (secondary N) is 1. The summed E-state index contributed by atoms with van der Waals surface area (Å²) in [6.07, 6.45) is 1.28. The molecule has 21 heavy (non-hydrogen) atoms. The first-order valence-electron chi connectivity index (χ1n) is 8.31. The van der Waals surface area contributed by atoms with Crippen molar-refractivity contribution in [2.24, 2.45) is 0 Å². The zero-order valence-corrected chi connectivity index (χ0v) is 14.2. The second-order valence-electron chi connectivity index (χ2n) is 6.43. The maximum absolute atomic E-state index is 3.68. The molecule has 1 atom stereocenters. The monoisotopic (exact) mass is 289 g/mol. The van der Waals surface area contributed by atoms with Gasteiger partial charge in [-0.3, -0.25) is 0 Å². The first kappa shape index (κ1) is 16.5. The van der Waals surface area contributed by atoms with Gasteiger partial charge in [-0.25, -0.2) is 0 Å². The number of rotatable bonds is 5. The van der Waals surface area contributed by atoms with Gasteiger partial charge < -0.3 is 15.1 Å². The van der Waals surface area contributed by atoms with Gasteiger partial charge >= 0.3 is 0 Å². The molecule has 0 aromatic heterocycles. The van der Waals surface area contributed by atoms with Crippen LogP contribution < -0.4 is 5.32 Å². The number of benzene rings is 1. The van der Waals surface area contributed by atoms with E-state index in [-0.39, 0.29) is 0 Å². The first-order valence-corrected chi connectivity index (χ1v) is 8.31. The highest BCUT2D eigenvalue weighted by Crippen LogP contribution is 2.20. The van der Waals surface area contributed by atoms with Crippen molar-refractivity contribution in [2.45, 2.75) is 33.2 Å². The number of hydrogen-bond donors (Lipinski definition) is 1. The minimum atomic E-state index is 0.444. The largest absolute Gasteiger partial charge is 0.309 e. The Morgan fingerprint density at radius 3 is 2.67 bits per heavy atom. The van der Waals surface area contributed by atoms with Gasteiger partial charge in [0.1, 0.15) is 0 Å². The summed E-state index contributed by atoms with van der Waals surface area (Å²) < 4.78 is 0. The number of hydrogen-bond acceptors (Lipinski definition) is 3. The fourth-order valence-electron chi connectivity index (χ4n) is 3.28. The minimum absolute atomic E-state index is 0.444. The van der Waals surface area contributed by atoms with E-state index >= 15 is 0 Å². The van der Waals surface area contributed by atoms with Crippen molar-refractivity contribution < 1.29 is 0 Å². The van der Waals surface area contributed by atoms with Crippen molar-refractivity contribution in [3.8, 4) is 0 Å². The summed E-state index contributed by atoms with van der Waals surface area (Å²) in [5.41, 5.74) is 4.22. The molecule has 1 fully saturated rings. The molecule has 0 amide bonds. The van der Waals surface area contributed by atoms with Crippen molar-refractivity contribution >= 4 is 0 Å². The van der Waals surface area contributed by atoms with Gasteiger partial charge in [0.2, 0.25) is 0 Å². The molecule has 0 radical (unpaired) electrons. The van der Waals surface area contributed by atoms with E-state index in [9.17, 15) is 0 Å². The van der Waals surface area contributed by atoms with Crippen LogP contribution in [0, 0.1) is 13.8 Å². The summed E-state index contributed by atoms with van der Waals surface area (Å²) in [6, 6.07) is 7.29. The predicted molar refractivity (Wildman–Crippen MR) is 90.9 cm³/mol. The lowest BCUT2D eigenvalue weighted by Gasteiger charge is -2.28. The molecule has 1 aromatic carbocycles. The highest BCUT2D eigenvalue weighted by atomic mass is 15.2. The minimum Gasteiger partial charge on any atom is -0.309 e. The summed E-state index contributed by atoms with van der Waals surface area (Å²) in [4.78, 5) is 5.06. The van der Waals surface area contributed by atoms with Gasteiger partial charge in [-0.2, -0.15) is 0 Å². The Kier molecular flexibility index (Phi) is 6.22. The quantitative estimate of drug-likeness (QED) is 0.899. The number of nitrogens with zero attached hydrogens (tertiary/aromatic N) is 2. The van der Waals surface area contributed by atoms with E-state index in [1.807, 2.05) is 0 Å². The predicted octanol–water partition coefficient (Wildman–Crippen LogP) is 2.59. The van der Waals surface area contributed by atoms with Crippen molar-refractivity contribution in [1.29, 1.82) is 0 Å². The van der Waals surface area contributed by atoms with E-state index in [0.717, 1.165) is 13.1 Å². The Hall–Kier alpha value is -0.900. The molecule has 3 nitrogen and oxygen atoms in total. The van der Waals surface area contributed by atoms with Crippen LogP contribution in [0.15, 0.2) is 18.2 Å². The Balaban J connectivity index is 2.07. The van der Waals surface area contributed by atoms with Crippen LogP contribution in [0.1, 0.15) is 36.1 Å². The van der Waals surface area contributed by atoms with Crippen LogP contribution in [-0.4, -0.2) is 56.1 Å². The molecule has 2 rings (SSSR count). The molecule has 1 aliphatic rings. The molecule has 1 aliphatic heterocycles. The Labute approximate surface area is 130 Å². The van der Waals surface area contributed by atoms with Gasteiger partial charge in [0, 0.05) is 25.7 Å². The lowest BCUT2D eigenvalue weighted by molar-refractivity contribution is 0.248. The maximum atomic E-state index is 3.68. The molecule has 118 valence electrons. The second kappa shape index (κ2) is 7.92. The van der Waals surface area contributed by atoms with Crippen molar-refractivity contribution in [1.82, 2.24) is 15.1 Å². The molecule has 0 bridgehead atoms. The molecule has 1 saturated heterocycles. The Morgan fingerprint density at radius 2 is 1.95 bits per heavy atom. The normalized spacial score (nSPS) is 19.4. The SMILES string of the molecule is CCNC(CN1CCCN(C)CC1)c1ccc(C)cc1C. The summed E-state index contributed by atoms with van der Waals surface area (Å²) in [5.74, 6) is 0. The molecule has 1 heterocycles. The maximum Gasteiger partial charge on any atom is 0.0451 e. The van der Waals surface area contributed by atoms with Crippen LogP contribution in [0.4, 0.5) is 0 Å². The smallest absolute Gasteiger partial charge is 0.0451 e. The van der Waals surface area contributed by atoms with Gasteiger partial charge in [0.25, 0.3) is 0 Å². The molecular weight excluding hydrogens is 258 g/mol. The second-order valence-corrected chi connectivity index (χ2v) is 6.43. The standard InChI is InChI=1S/C18H31N3/c1-5-19-18(17-8-7-15(2)13-16(17)3)14-21-10-6-9-20(4)11-12-21/h7-8,13,18-19H,5-6,9-12,14H2,1-4H3. The topological polar surface area (TPSA) is 18.5 Å². The Morgan fingerprint density at radius 1 is 1.14 bits per heavy atom. The van der Waals surface area contributed by atoms with Crippen LogP contribution in [0.25, 0.3) is 0 Å². The molecule has 1 aromatic rings. The van der Waals surface area contributed by atoms with Gasteiger partial charge in [-0.15, -0.1) is 0 Å². The van der Waals surface area contributed by atoms with Crippen LogP contribution in [0.5, 0.6) is 0 Å². The van der Waals surface area contributed by atoms with E-state index in [1.54, 1.807) is 0 Å². The zero-order valence-electron chi connectivity index (χ0n) is 14.2. The average Bonchev–Trinajstić information content (AvgIpc) is 2.63. The first-order chi connectivity index (χ1) is 10.1. The molecule has 0 saturated carbocycles. The van der Waals surface area contributed by atoms with Gasteiger partial charge in [0.05, 0.1) is 0 Å². The van der Waals surface area contributed by atoms with E-state index in [2.05, 4.69) is 61.1 Å². The summed E-state index contributed by atoms with van der Waals surface area (Å²) >= 11 is 0. The van der Waals surface area contributed by atoms with Crippen LogP contribution in [0.2, 0.25) is 0 Å². The fourth-order valence-corrected chi connectivity index (χ4v) is 3.28. The molecule has 3 heteroatoms. The van der Waals surface area contributed by atoms with E-state index in [0.29, 0.717) is 6.04 Å². The van der Waals surface area contributed by atoms with Gasteiger partial charge in [0.15, 0.2) is 0 Å². The lowest BCUT2D eigenvalue weighted by atomic mass is 9.98. The highest BCUT2D eigenvalue weighted by molar-refractivity contribution is 5.33. The Bertz CT molecular complexity index is 444. The zero-order chi connectivity index (χ0) is 15.2. The highest BCUT2D eigenvalue weighted by Gasteiger charge is 2.19. The van der Waals surface area contributed by atoms with Crippen LogP contribution >= 0.6 is 0 Å². The van der Waals surface area contributed by atoms with E-state index < -0.39 is 0 Å².